The van der Waals surface area contributed by atoms with Gasteiger partial charge in [0.15, 0.2) is 0 Å². The van der Waals surface area contributed by atoms with Crippen molar-refractivity contribution in [3.63, 3.8) is 0 Å². The van der Waals surface area contributed by atoms with Crippen molar-refractivity contribution in [3.05, 3.63) is 63.2 Å². The fourth-order valence-electron chi connectivity index (χ4n) is 3.12. The van der Waals surface area contributed by atoms with Crippen molar-refractivity contribution in [2.75, 3.05) is 19.4 Å². The van der Waals surface area contributed by atoms with Gasteiger partial charge in [-0.3, -0.25) is 10.1 Å². The summed E-state index contributed by atoms with van der Waals surface area (Å²) in [6.45, 7) is 3.99. The van der Waals surface area contributed by atoms with Gasteiger partial charge in [0.1, 0.15) is 5.75 Å². The van der Waals surface area contributed by atoms with Crippen molar-refractivity contribution in [2.45, 2.75) is 24.1 Å². The number of nitrogens with zero attached hydrogens (tertiary/aromatic N) is 2. The smallest absolute Gasteiger partial charge is 0.269 e. The molecule has 1 atom stereocenters. The molecular formula is C18H20N2O5S2. The number of ether oxygens (including phenoxy) is 1. The molecule has 0 aliphatic carbocycles. The number of benzene rings is 2. The van der Waals surface area contributed by atoms with E-state index in [1.165, 1.54) is 28.2 Å². The van der Waals surface area contributed by atoms with Crippen LogP contribution in [0.25, 0.3) is 0 Å². The van der Waals surface area contributed by atoms with Crippen LogP contribution in [0, 0.1) is 24.0 Å². The lowest BCUT2D eigenvalue weighted by molar-refractivity contribution is -0.384. The summed E-state index contributed by atoms with van der Waals surface area (Å²) in [7, 11) is -2.16. The minimum absolute atomic E-state index is 0.0159. The summed E-state index contributed by atoms with van der Waals surface area (Å²) < 4.78 is 33.4. The number of hydrogen-bond donors (Lipinski definition) is 0. The second kappa shape index (κ2) is 7.49. The van der Waals surface area contributed by atoms with Gasteiger partial charge in [0, 0.05) is 24.4 Å². The Kier molecular flexibility index (Phi) is 5.45. The Bertz CT molecular complexity index is 974. The summed E-state index contributed by atoms with van der Waals surface area (Å²) in [6, 6.07) is 9.29. The molecule has 1 aliphatic heterocycles. The molecule has 9 heteroatoms. The van der Waals surface area contributed by atoms with Crippen molar-refractivity contribution in [1.29, 1.82) is 0 Å². The summed E-state index contributed by atoms with van der Waals surface area (Å²) in [6.07, 6.45) is 0. The standard InChI is InChI=1S/C18H20N2O5S2/c1-12-13(2)17(9-8-16(12)25-3)27(23,24)19-10-11-26-18(19)14-4-6-15(7-5-14)20(21)22/h4-9,18H,10-11H2,1-3H3. The van der Waals surface area contributed by atoms with Gasteiger partial charge < -0.3 is 4.74 Å². The third kappa shape index (κ3) is 3.54. The van der Waals surface area contributed by atoms with E-state index in [2.05, 4.69) is 0 Å². The molecule has 0 aromatic heterocycles. The molecule has 2 aromatic rings. The molecule has 0 bridgehead atoms. The first-order valence-electron chi connectivity index (χ1n) is 8.29. The first-order chi connectivity index (χ1) is 12.8. The molecule has 0 saturated carbocycles. The maximum Gasteiger partial charge on any atom is 0.269 e. The Morgan fingerprint density at radius 1 is 1.15 bits per heavy atom. The third-order valence-electron chi connectivity index (χ3n) is 4.73. The Balaban J connectivity index is 1.99. The summed E-state index contributed by atoms with van der Waals surface area (Å²) in [5.41, 5.74) is 2.17. The quantitative estimate of drug-likeness (QED) is 0.554. The number of non-ortho nitro benzene ring substituents is 1. The lowest BCUT2D eigenvalue weighted by Gasteiger charge is -2.25. The lowest BCUT2D eigenvalue weighted by atomic mass is 10.1. The largest absolute Gasteiger partial charge is 0.496 e. The third-order valence-corrected chi connectivity index (χ3v) is 8.14. The van der Waals surface area contributed by atoms with E-state index in [-0.39, 0.29) is 10.6 Å². The normalized spacial score (nSPS) is 17.8. The molecule has 1 unspecified atom stereocenters. The van der Waals surface area contributed by atoms with Crippen molar-refractivity contribution in [2.24, 2.45) is 0 Å². The number of thioether (sulfide) groups is 1. The monoisotopic (exact) mass is 408 g/mol. The highest BCUT2D eigenvalue weighted by atomic mass is 32.2. The molecule has 1 saturated heterocycles. The van der Waals surface area contributed by atoms with Crippen LogP contribution in [-0.4, -0.2) is 37.1 Å². The highest BCUT2D eigenvalue weighted by Gasteiger charge is 2.38. The van der Waals surface area contributed by atoms with Gasteiger partial charge in [-0.25, -0.2) is 8.42 Å². The van der Waals surface area contributed by atoms with Gasteiger partial charge >= 0.3 is 0 Å². The van der Waals surface area contributed by atoms with Crippen LogP contribution in [0.1, 0.15) is 22.1 Å². The predicted molar refractivity (Wildman–Crippen MR) is 105 cm³/mol. The van der Waals surface area contributed by atoms with Gasteiger partial charge in [0.05, 0.1) is 22.3 Å². The van der Waals surface area contributed by atoms with E-state index in [4.69, 9.17) is 4.74 Å². The zero-order chi connectivity index (χ0) is 19.8. The number of methoxy groups -OCH3 is 1. The van der Waals surface area contributed by atoms with Gasteiger partial charge in [-0.2, -0.15) is 4.31 Å². The molecule has 0 radical (unpaired) electrons. The Morgan fingerprint density at radius 2 is 1.81 bits per heavy atom. The molecule has 0 N–H and O–H groups in total. The van der Waals surface area contributed by atoms with Gasteiger partial charge in [-0.05, 0) is 54.8 Å². The minimum Gasteiger partial charge on any atom is -0.496 e. The summed E-state index contributed by atoms with van der Waals surface area (Å²) >= 11 is 1.51. The van der Waals surface area contributed by atoms with Crippen molar-refractivity contribution >= 4 is 27.5 Å². The maximum absolute atomic E-state index is 13.3. The molecule has 3 rings (SSSR count). The molecule has 1 aliphatic rings. The van der Waals surface area contributed by atoms with Crippen LogP contribution >= 0.6 is 11.8 Å². The fourth-order valence-corrected chi connectivity index (χ4v) is 6.64. The van der Waals surface area contributed by atoms with E-state index < -0.39 is 20.3 Å². The SMILES string of the molecule is COc1ccc(S(=O)(=O)N2CCSC2c2ccc([N+](=O)[O-])cc2)c(C)c1C. The van der Waals surface area contributed by atoms with E-state index >= 15 is 0 Å². The average Bonchev–Trinajstić information content (AvgIpc) is 3.14. The van der Waals surface area contributed by atoms with Crippen molar-refractivity contribution < 1.29 is 18.1 Å². The number of hydrogen-bond acceptors (Lipinski definition) is 6. The molecule has 27 heavy (non-hydrogen) atoms. The van der Waals surface area contributed by atoms with Gasteiger partial charge in [0.25, 0.3) is 5.69 Å². The molecule has 144 valence electrons. The first-order valence-corrected chi connectivity index (χ1v) is 10.8. The van der Waals surface area contributed by atoms with E-state index in [1.54, 1.807) is 38.3 Å². The molecule has 2 aromatic carbocycles. The summed E-state index contributed by atoms with van der Waals surface area (Å²) in [5.74, 6) is 1.31. The van der Waals surface area contributed by atoms with Crippen LogP contribution in [0.2, 0.25) is 0 Å². The van der Waals surface area contributed by atoms with Crippen LogP contribution < -0.4 is 4.74 Å². The van der Waals surface area contributed by atoms with E-state index in [0.29, 0.717) is 23.6 Å². The number of rotatable bonds is 5. The highest BCUT2D eigenvalue weighted by Crippen LogP contribution is 2.42. The Labute approximate surface area is 162 Å². The van der Waals surface area contributed by atoms with E-state index in [1.807, 2.05) is 6.92 Å². The zero-order valence-electron chi connectivity index (χ0n) is 15.2. The van der Waals surface area contributed by atoms with Crippen LogP contribution in [0.3, 0.4) is 0 Å². The average molecular weight is 409 g/mol. The van der Waals surface area contributed by atoms with E-state index in [9.17, 15) is 18.5 Å². The first kappa shape index (κ1) is 19.7. The number of nitro groups is 1. The minimum atomic E-state index is -3.72. The predicted octanol–water partition coefficient (Wildman–Crippen LogP) is 3.66. The molecular weight excluding hydrogens is 388 g/mol. The lowest BCUT2D eigenvalue weighted by Crippen LogP contribution is -2.31. The topological polar surface area (TPSA) is 89.8 Å². The van der Waals surface area contributed by atoms with Crippen LogP contribution in [0.4, 0.5) is 5.69 Å². The Hall–Kier alpha value is -2.10. The molecule has 1 fully saturated rings. The molecule has 7 nitrogen and oxygen atoms in total. The van der Waals surface area contributed by atoms with Crippen LogP contribution in [0.5, 0.6) is 5.75 Å². The molecule has 0 spiro atoms. The van der Waals surface area contributed by atoms with Gasteiger partial charge in [-0.1, -0.05) is 0 Å². The van der Waals surface area contributed by atoms with Crippen molar-refractivity contribution in [3.8, 4) is 5.75 Å². The van der Waals surface area contributed by atoms with Crippen LogP contribution in [-0.2, 0) is 10.0 Å². The maximum atomic E-state index is 13.3. The highest BCUT2D eigenvalue weighted by molar-refractivity contribution is 8.01. The summed E-state index contributed by atoms with van der Waals surface area (Å²) in [4.78, 5) is 10.6. The molecule has 1 heterocycles. The Morgan fingerprint density at radius 3 is 2.41 bits per heavy atom. The molecule has 0 amide bonds. The zero-order valence-corrected chi connectivity index (χ0v) is 16.8. The number of nitro benzene ring substituents is 1. The fraction of sp³-hybridized carbons (Fsp3) is 0.333. The summed E-state index contributed by atoms with van der Waals surface area (Å²) in [5, 5.41) is 10.4. The van der Waals surface area contributed by atoms with Gasteiger partial charge in [-0.15, -0.1) is 11.8 Å². The second-order valence-electron chi connectivity index (χ2n) is 6.20. The van der Waals surface area contributed by atoms with E-state index in [0.717, 1.165) is 11.1 Å². The van der Waals surface area contributed by atoms with Crippen LogP contribution in [0.15, 0.2) is 41.3 Å². The second-order valence-corrected chi connectivity index (χ2v) is 9.25. The van der Waals surface area contributed by atoms with Crippen molar-refractivity contribution in [1.82, 2.24) is 4.31 Å². The van der Waals surface area contributed by atoms with Gasteiger partial charge in [0.2, 0.25) is 10.0 Å². The number of sulfonamides is 1.